The van der Waals surface area contributed by atoms with E-state index in [2.05, 4.69) is 15.8 Å². The molecule has 0 unspecified atom stereocenters. The highest BCUT2D eigenvalue weighted by Crippen LogP contribution is 2.40. The molecule has 0 bridgehead atoms. The average Bonchev–Trinajstić information content (AvgIpc) is 3.33. The van der Waals surface area contributed by atoms with Gasteiger partial charge in [-0.25, -0.2) is 0 Å². The Morgan fingerprint density at radius 2 is 2.04 bits per heavy atom. The number of carbonyl (C=O) groups excluding carboxylic acids is 2. The molecule has 1 aromatic carbocycles. The second kappa shape index (κ2) is 7.94. The van der Waals surface area contributed by atoms with Crippen LogP contribution in [0, 0.1) is 0 Å². The molecule has 1 heterocycles. The highest BCUT2D eigenvalue weighted by molar-refractivity contribution is 6.02. The summed E-state index contributed by atoms with van der Waals surface area (Å²) in [6.45, 7) is 0.977. The van der Waals surface area contributed by atoms with Gasteiger partial charge in [0.15, 0.2) is 5.69 Å². The summed E-state index contributed by atoms with van der Waals surface area (Å²) < 4.78 is 10.1. The Kier molecular flexibility index (Phi) is 5.45. The van der Waals surface area contributed by atoms with Gasteiger partial charge in [0.25, 0.3) is 5.91 Å². The number of nitrogens with one attached hydrogen (secondary N) is 2. The molecule has 1 fully saturated rings. The minimum Gasteiger partial charge on any atom is -0.383 e. The summed E-state index contributed by atoms with van der Waals surface area (Å²) in [7, 11) is 1.59. The Hall–Kier alpha value is -2.67. The molecular weight excluding hydrogens is 322 g/mol. The average molecular weight is 343 g/mol. The standard InChI is InChI=1S/C18H21N3O4/c1-24-9-8-19-17(22)10-12-2-6-14(7-3-12)20-18(23)15-11-16(25-21-15)13-4-5-13/h2-3,6-7,11,13H,4-5,8-10H2,1H3,(H,19,22)(H,20,23). The van der Waals surface area contributed by atoms with E-state index in [1.165, 1.54) is 0 Å². The topological polar surface area (TPSA) is 93.5 Å². The number of hydrogen-bond donors (Lipinski definition) is 2. The van der Waals surface area contributed by atoms with E-state index in [0.29, 0.717) is 24.8 Å². The number of methoxy groups -OCH3 is 1. The molecule has 1 saturated carbocycles. The first-order valence-electron chi connectivity index (χ1n) is 8.28. The van der Waals surface area contributed by atoms with Crippen molar-refractivity contribution >= 4 is 17.5 Å². The largest absolute Gasteiger partial charge is 0.383 e. The van der Waals surface area contributed by atoms with E-state index < -0.39 is 0 Å². The number of benzene rings is 1. The maximum Gasteiger partial charge on any atom is 0.277 e. The Balaban J connectivity index is 1.51. The molecule has 0 saturated heterocycles. The van der Waals surface area contributed by atoms with Gasteiger partial charge in [-0.3, -0.25) is 9.59 Å². The summed E-state index contributed by atoms with van der Waals surface area (Å²) in [5.41, 5.74) is 1.79. The van der Waals surface area contributed by atoms with Crippen LogP contribution in [0.25, 0.3) is 0 Å². The van der Waals surface area contributed by atoms with Crippen molar-refractivity contribution in [1.29, 1.82) is 0 Å². The molecular formula is C18H21N3O4. The van der Waals surface area contributed by atoms with Crippen LogP contribution in [0.1, 0.15) is 40.6 Å². The van der Waals surface area contributed by atoms with Crippen LogP contribution >= 0.6 is 0 Å². The lowest BCUT2D eigenvalue weighted by atomic mass is 10.1. The monoisotopic (exact) mass is 343 g/mol. The van der Waals surface area contributed by atoms with Gasteiger partial charge in [0, 0.05) is 31.3 Å². The van der Waals surface area contributed by atoms with Gasteiger partial charge >= 0.3 is 0 Å². The normalized spacial score (nSPS) is 13.5. The molecule has 2 aromatic rings. The lowest BCUT2D eigenvalue weighted by Gasteiger charge is -2.06. The van der Waals surface area contributed by atoms with E-state index in [0.717, 1.165) is 24.2 Å². The number of ether oxygens (including phenoxy) is 1. The molecule has 0 atom stereocenters. The number of anilines is 1. The van der Waals surface area contributed by atoms with Crippen molar-refractivity contribution in [3.63, 3.8) is 0 Å². The van der Waals surface area contributed by atoms with Crippen LogP contribution < -0.4 is 10.6 Å². The molecule has 2 N–H and O–H groups in total. The maximum atomic E-state index is 12.2. The maximum absolute atomic E-state index is 12.2. The third-order valence-electron chi connectivity index (χ3n) is 3.95. The predicted octanol–water partition coefficient (Wildman–Crippen LogP) is 2.11. The Labute approximate surface area is 145 Å². The van der Waals surface area contributed by atoms with Crippen molar-refractivity contribution < 1.29 is 18.8 Å². The van der Waals surface area contributed by atoms with E-state index in [1.54, 1.807) is 25.3 Å². The first-order valence-corrected chi connectivity index (χ1v) is 8.28. The highest BCUT2D eigenvalue weighted by atomic mass is 16.5. The number of aromatic nitrogens is 1. The van der Waals surface area contributed by atoms with Gasteiger partial charge in [-0.1, -0.05) is 17.3 Å². The van der Waals surface area contributed by atoms with Gasteiger partial charge in [0.2, 0.25) is 5.91 Å². The van der Waals surface area contributed by atoms with Gasteiger partial charge in [0.1, 0.15) is 5.76 Å². The minimum atomic E-state index is -0.305. The van der Waals surface area contributed by atoms with Gasteiger partial charge in [-0.2, -0.15) is 0 Å². The minimum absolute atomic E-state index is 0.0657. The number of amides is 2. The van der Waals surface area contributed by atoms with Crippen LogP contribution in [0.5, 0.6) is 0 Å². The van der Waals surface area contributed by atoms with E-state index >= 15 is 0 Å². The smallest absolute Gasteiger partial charge is 0.277 e. The van der Waals surface area contributed by atoms with Gasteiger partial charge in [-0.05, 0) is 30.5 Å². The Bertz CT molecular complexity index is 735. The molecule has 1 aliphatic rings. The molecule has 0 radical (unpaired) electrons. The fraction of sp³-hybridized carbons (Fsp3) is 0.389. The van der Waals surface area contributed by atoms with Gasteiger partial charge in [-0.15, -0.1) is 0 Å². The summed E-state index contributed by atoms with van der Waals surface area (Å²) in [5.74, 6) is 0.827. The SMILES string of the molecule is COCCNC(=O)Cc1ccc(NC(=O)c2cc(C3CC3)on2)cc1. The van der Waals surface area contributed by atoms with E-state index in [9.17, 15) is 9.59 Å². The van der Waals surface area contributed by atoms with E-state index in [1.807, 2.05) is 12.1 Å². The first-order chi connectivity index (χ1) is 12.2. The molecule has 7 nitrogen and oxygen atoms in total. The molecule has 1 aromatic heterocycles. The Morgan fingerprint density at radius 3 is 2.72 bits per heavy atom. The molecule has 0 spiro atoms. The third kappa shape index (κ3) is 4.90. The van der Waals surface area contributed by atoms with Crippen molar-refractivity contribution in [3.05, 3.63) is 47.3 Å². The summed E-state index contributed by atoms with van der Waals surface area (Å²) in [4.78, 5) is 23.9. The Morgan fingerprint density at radius 1 is 1.28 bits per heavy atom. The quantitative estimate of drug-likeness (QED) is 0.716. The fourth-order valence-electron chi connectivity index (χ4n) is 2.40. The molecule has 132 valence electrons. The number of rotatable bonds is 8. The van der Waals surface area contributed by atoms with Crippen molar-refractivity contribution in [2.45, 2.75) is 25.2 Å². The van der Waals surface area contributed by atoms with E-state index in [-0.39, 0.29) is 23.9 Å². The molecule has 3 rings (SSSR count). The third-order valence-corrected chi connectivity index (χ3v) is 3.95. The van der Waals surface area contributed by atoms with Gasteiger partial charge in [0.05, 0.1) is 13.0 Å². The molecule has 7 heteroatoms. The van der Waals surface area contributed by atoms with Crippen LogP contribution in [-0.2, 0) is 16.0 Å². The number of carbonyl (C=O) groups is 2. The zero-order valence-corrected chi connectivity index (χ0v) is 14.1. The molecule has 2 amide bonds. The summed E-state index contributed by atoms with van der Waals surface area (Å²) in [5, 5.41) is 9.36. The van der Waals surface area contributed by atoms with Crippen molar-refractivity contribution in [2.75, 3.05) is 25.6 Å². The van der Waals surface area contributed by atoms with Crippen LogP contribution in [0.3, 0.4) is 0 Å². The van der Waals surface area contributed by atoms with Crippen molar-refractivity contribution in [3.8, 4) is 0 Å². The summed E-state index contributed by atoms with van der Waals surface area (Å²) >= 11 is 0. The van der Waals surface area contributed by atoms with Crippen LogP contribution in [0.2, 0.25) is 0 Å². The summed E-state index contributed by atoms with van der Waals surface area (Å²) in [6, 6.07) is 8.84. The van der Waals surface area contributed by atoms with Crippen LogP contribution in [0.4, 0.5) is 5.69 Å². The predicted molar refractivity (Wildman–Crippen MR) is 91.5 cm³/mol. The van der Waals surface area contributed by atoms with Crippen LogP contribution in [0.15, 0.2) is 34.9 Å². The van der Waals surface area contributed by atoms with Crippen molar-refractivity contribution in [2.24, 2.45) is 0 Å². The lowest BCUT2D eigenvalue weighted by molar-refractivity contribution is -0.120. The van der Waals surface area contributed by atoms with E-state index in [4.69, 9.17) is 9.26 Å². The molecule has 1 aliphatic carbocycles. The zero-order valence-electron chi connectivity index (χ0n) is 14.1. The number of hydrogen-bond acceptors (Lipinski definition) is 5. The summed E-state index contributed by atoms with van der Waals surface area (Å²) in [6.07, 6.45) is 2.47. The molecule has 25 heavy (non-hydrogen) atoms. The van der Waals surface area contributed by atoms with Gasteiger partial charge < -0.3 is 19.9 Å². The van der Waals surface area contributed by atoms with Crippen molar-refractivity contribution in [1.82, 2.24) is 10.5 Å². The van der Waals surface area contributed by atoms with Crippen LogP contribution in [-0.4, -0.2) is 37.2 Å². The lowest BCUT2D eigenvalue weighted by Crippen LogP contribution is -2.28. The molecule has 0 aliphatic heterocycles. The number of nitrogens with zero attached hydrogens (tertiary/aromatic N) is 1. The highest BCUT2D eigenvalue weighted by Gasteiger charge is 2.28. The zero-order chi connectivity index (χ0) is 17.6. The second-order valence-corrected chi connectivity index (χ2v) is 6.06. The fourth-order valence-corrected chi connectivity index (χ4v) is 2.40. The second-order valence-electron chi connectivity index (χ2n) is 6.06. The first kappa shape index (κ1) is 17.2.